The fourth-order valence-electron chi connectivity index (χ4n) is 3.31. The molecule has 4 aromatic rings. The second kappa shape index (κ2) is 10.2. The van der Waals surface area contributed by atoms with Gasteiger partial charge in [-0.25, -0.2) is 4.79 Å². The first-order chi connectivity index (χ1) is 15.6. The summed E-state index contributed by atoms with van der Waals surface area (Å²) < 4.78 is 13.2. The highest BCUT2D eigenvalue weighted by Gasteiger charge is 2.19. The van der Waals surface area contributed by atoms with Crippen LogP contribution in [0.2, 0.25) is 0 Å². The van der Waals surface area contributed by atoms with Crippen LogP contribution in [0.1, 0.15) is 21.5 Å². The number of carboxylic acids is 1. The lowest BCUT2D eigenvalue weighted by molar-refractivity contribution is 0.0695. The van der Waals surface area contributed by atoms with Crippen molar-refractivity contribution in [1.29, 1.82) is 0 Å². The van der Waals surface area contributed by atoms with Crippen molar-refractivity contribution < 1.29 is 19.4 Å². The van der Waals surface area contributed by atoms with Crippen molar-refractivity contribution in [3.05, 3.63) is 118 Å². The van der Waals surface area contributed by atoms with Gasteiger partial charge < -0.3 is 14.6 Å². The minimum absolute atomic E-state index is 0.108. The van der Waals surface area contributed by atoms with Gasteiger partial charge in [0.2, 0.25) is 0 Å². The SMILES string of the molecule is O=C(O)c1cc(OCc2ccccc2)c(-c2ccc(Br)cc2)c(OCc2ccccc2)c1. The summed E-state index contributed by atoms with van der Waals surface area (Å²) in [6, 6.07) is 30.4. The zero-order chi connectivity index (χ0) is 22.3. The Hall–Kier alpha value is -3.57. The number of hydrogen-bond donors (Lipinski definition) is 1. The number of carboxylic acid groups (broad SMARTS) is 1. The molecule has 1 N–H and O–H groups in total. The zero-order valence-electron chi connectivity index (χ0n) is 17.2. The first-order valence-electron chi connectivity index (χ1n) is 10.1. The first kappa shape index (κ1) is 21.7. The maximum absolute atomic E-state index is 11.8. The Kier molecular flexibility index (Phi) is 6.87. The van der Waals surface area contributed by atoms with Gasteiger partial charge in [-0.15, -0.1) is 0 Å². The number of aromatic carboxylic acids is 1. The number of benzene rings is 4. The van der Waals surface area contributed by atoms with Gasteiger partial charge in [0.1, 0.15) is 24.7 Å². The summed E-state index contributed by atoms with van der Waals surface area (Å²) in [5, 5.41) is 9.68. The standard InChI is InChI=1S/C27H21BrO4/c28-23-13-11-21(12-14-23)26-24(31-17-19-7-3-1-4-8-19)15-22(27(29)30)16-25(26)32-18-20-9-5-2-6-10-20/h1-16H,17-18H2,(H,29,30). The van der Waals surface area contributed by atoms with Crippen LogP contribution in [-0.2, 0) is 13.2 Å². The minimum Gasteiger partial charge on any atom is -0.488 e. The maximum Gasteiger partial charge on any atom is 0.335 e. The van der Waals surface area contributed by atoms with E-state index in [-0.39, 0.29) is 5.56 Å². The van der Waals surface area contributed by atoms with Gasteiger partial charge in [-0.3, -0.25) is 0 Å². The van der Waals surface area contributed by atoms with Crippen molar-refractivity contribution in [2.24, 2.45) is 0 Å². The third-order valence-electron chi connectivity index (χ3n) is 4.92. The number of carbonyl (C=O) groups is 1. The van der Waals surface area contributed by atoms with Crippen LogP contribution < -0.4 is 9.47 Å². The van der Waals surface area contributed by atoms with E-state index in [2.05, 4.69) is 15.9 Å². The molecule has 0 amide bonds. The Morgan fingerprint density at radius 2 is 1.19 bits per heavy atom. The van der Waals surface area contributed by atoms with E-state index in [0.29, 0.717) is 24.7 Å². The molecular formula is C27H21BrO4. The molecule has 4 nitrogen and oxygen atoms in total. The Labute approximate surface area is 195 Å². The van der Waals surface area contributed by atoms with E-state index in [4.69, 9.17) is 9.47 Å². The molecule has 0 unspecified atom stereocenters. The normalized spacial score (nSPS) is 10.5. The van der Waals surface area contributed by atoms with E-state index in [1.54, 1.807) is 12.1 Å². The Balaban J connectivity index is 1.76. The Bertz CT molecular complexity index is 1130. The Morgan fingerprint density at radius 3 is 1.62 bits per heavy atom. The highest BCUT2D eigenvalue weighted by Crippen LogP contribution is 2.41. The van der Waals surface area contributed by atoms with Crippen molar-refractivity contribution in [2.45, 2.75) is 13.2 Å². The summed E-state index contributed by atoms with van der Waals surface area (Å²) in [7, 11) is 0. The van der Waals surface area contributed by atoms with E-state index in [0.717, 1.165) is 26.7 Å². The van der Waals surface area contributed by atoms with Crippen LogP contribution in [0.3, 0.4) is 0 Å². The molecule has 0 heterocycles. The zero-order valence-corrected chi connectivity index (χ0v) is 18.8. The van der Waals surface area contributed by atoms with E-state index < -0.39 is 5.97 Å². The average Bonchev–Trinajstić information content (AvgIpc) is 2.83. The lowest BCUT2D eigenvalue weighted by atomic mass is 10.0. The van der Waals surface area contributed by atoms with Crippen LogP contribution in [0.15, 0.2) is 102 Å². The van der Waals surface area contributed by atoms with Crippen LogP contribution >= 0.6 is 15.9 Å². The average molecular weight is 489 g/mol. The molecule has 160 valence electrons. The van der Waals surface area contributed by atoms with Crippen LogP contribution in [0, 0.1) is 0 Å². The maximum atomic E-state index is 11.8. The highest BCUT2D eigenvalue weighted by molar-refractivity contribution is 9.10. The molecular weight excluding hydrogens is 468 g/mol. The largest absolute Gasteiger partial charge is 0.488 e. The number of hydrogen-bond acceptors (Lipinski definition) is 3. The van der Waals surface area contributed by atoms with Gasteiger partial charge >= 0.3 is 5.97 Å². The lowest BCUT2D eigenvalue weighted by Crippen LogP contribution is -2.05. The monoisotopic (exact) mass is 488 g/mol. The fourth-order valence-corrected chi connectivity index (χ4v) is 3.58. The molecule has 0 saturated carbocycles. The minimum atomic E-state index is -1.04. The van der Waals surface area contributed by atoms with Gasteiger partial charge in [0.25, 0.3) is 0 Å². The molecule has 0 radical (unpaired) electrons. The summed E-state index contributed by atoms with van der Waals surface area (Å²) in [4.78, 5) is 11.8. The molecule has 0 spiro atoms. The molecule has 0 bridgehead atoms. The van der Waals surface area contributed by atoms with Crippen molar-refractivity contribution in [1.82, 2.24) is 0 Å². The van der Waals surface area contributed by atoms with Crippen LogP contribution in [0.25, 0.3) is 11.1 Å². The van der Waals surface area contributed by atoms with Crippen molar-refractivity contribution in [3.63, 3.8) is 0 Å². The third-order valence-corrected chi connectivity index (χ3v) is 5.45. The summed E-state index contributed by atoms with van der Waals surface area (Å²) in [5.74, 6) is -0.125. The highest BCUT2D eigenvalue weighted by atomic mass is 79.9. The van der Waals surface area contributed by atoms with E-state index in [9.17, 15) is 9.90 Å². The van der Waals surface area contributed by atoms with Gasteiger partial charge in [0, 0.05) is 4.47 Å². The van der Waals surface area contributed by atoms with Crippen LogP contribution in [-0.4, -0.2) is 11.1 Å². The smallest absolute Gasteiger partial charge is 0.335 e. The third kappa shape index (κ3) is 5.37. The predicted octanol–water partition coefficient (Wildman–Crippen LogP) is 6.97. The van der Waals surface area contributed by atoms with Crippen LogP contribution in [0.5, 0.6) is 11.5 Å². The fraction of sp³-hybridized carbons (Fsp3) is 0.0741. The molecule has 4 rings (SSSR count). The molecule has 0 saturated heterocycles. The van der Waals surface area contributed by atoms with Crippen molar-refractivity contribution in [3.8, 4) is 22.6 Å². The molecule has 0 aliphatic carbocycles. The molecule has 4 aromatic carbocycles. The quantitative estimate of drug-likeness (QED) is 0.290. The van der Waals surface area contributed by atoms with Gasteiger partial charge in [-0.1, -0.05) is 88.7 Å². The number of ether oxygens (including phenoxy) is 2. The molecule has 5 heteroatoms. The second-order valence-corrected chi connectivity index (χ2v) is 8.12. The van der Waals surface area contributed by atoms with Crippen LogP contribution in [0.4, 0.5) is 0 Å². The molecule has 0 aromatic heterocycles. The molecule has 0 atom stereocenters. The summed E-state index contributed by atoms with van der Waals surface area (Å²) in [5.41, 5.74) is 3.67. The topological polar surface area (TPSA) is 55.8 Å². The Morgan fingerprint density at radius 1 is 0.719 bits per heavy atom. The van der Waals surface area contributed by atoms with Gasteiger partial charge in [-0.05, 0) is 41.0 Å². The van der Waals surface area contributed by atoms with Gasteiger partial charge in [-0.2, -0.15) is 0 Å². The van der Waals surface area contributed by atoms with Crippen molar-refractivity contribution >= 4 is 21.9 Å². The number of rotatable bonds is 8. The van der Waals surface area contributed by atoms with Crippen molar-refractivity contribution in [2.75, 3.05) is 0 Å². The molecule has 32 heavy (non-hydrogen) atoms. The van der Waals surface area contributed by atoms with E-state index in [1.807, 2.05) is 84.9 Å². The van der Waals surface area contributed by atoms with E-state index >= 15 is 0 Å². The predicted molar refractivity (Wildman–Crippen MR) is 128 cm³/mol. The van der Waals surface area contributed by atoms with Gasteiger partial charge in [0.15, 0.2) is 0 Å². The molecule has 0 fully saturated rings. The first-order valence-corrected chi connectivity index (χ1v) is 10.9. The second-order valence-electron chi connectivity index (χ2n) is 7.21. The lowest BCUT2D eigenvalue weighted by Gasteiger charge is -2.18. The molecule has 0 aliphatic heterocycles. The van der Waals surface area contributed by atoms with E-state index in [1.165, 1.54) is 0 Å². The number of halogens is 1. The summed E-state index contributed by atoms with van der Waals surface area (Å²) in [6.45, 7) is 0.622. The summed E-state index contributed by atoms with van der Waals surface area (Å²) in [6.07, 6.45) is 0. The van der Waals surface area contributed by atoms with Gasteiger partial charge in [0.05, 0.1) is 11.1 Å². The summed E-state index contributed by atoms with van der Waals surface area (Å²) >= 11 is 3.47. The molecule has 0 aliphatic rings.